The van der Waals surface area contributed by atoms with Crippen molar-refractivity contribution in [3.8, 4) is 0 Å². The van der Waals surface area contributed by atoms with Crippen LogP contribution in [0.3, 0.4) is 0 Å². The zero-order chi connectivity index (χ0) is 33.3. The Morgan fingerprint density at radius 2 is 1.12 bits per heavy atom. The maximum atomic E-state index is 11.7. The number of hydrogen-bond donors (Lipinski definition) is 0. The molecule has 0 aromatic heterocycles. The summed E-state index contributed by atoms with van der Waals surface area (Å²) in [5.41, 5.74) is 11.9. The average molecular weight is 878 g/mol. The first-order valence-corrected chi connectivity index (χ1v) is 16.8. The molecular weight excluding hydrogens is 832 g/mol. The quantitative estimate of drug-likeness (QED) is 0.106. The number of para-hydroxylation sites is 3. The van der Waals surface area contributed by atoms with Crippen molar-refractivity contribution in [2.45, 2.75) is 65.2 Å². The molecule has 4 aromatic rings. The van der Waals surface area contributed by atoms with Crippen LogP contribution in [0.2, 0.25) is 0 Å². The van der Waals surface area contributed by atoms with Gasteiger partial charge >= 0.3 is 0 Å². The molecule has 2 heterocycles. The molecule has 0 saturated carbocycles. The van der Waals surface area contributed by atoms with Gasteiger partial charge in [0.1, 0.15) is 13.1 Å². The van der Waals surface area contributed by atoms with Gasteiger partial charge in [0.2, 0.25) is 11.4 Å². The number of allylic oxidation sites excluding steroid dienone is 2. The van der Waals surface area contributed by atoms with Crippen molar-refractivity contribution in [2.75, 3.05) is 13.1 Å². The van der Waals surface area contributed by atoms with Crippen molar-refractivity contribution in [1.82, 2.24) is 0 Å². The number of nitrogens with zero attached hydrogens (tertiary/aromatic N) is 3. The van der Waals surface area contributed by atoms with Gasteiger partial charge in [-0.05, 0) is 89.3 Å². The van der Waals surface area contributed by atoms with E-state index in [0.717, 1.165) is 29.8 Å². The molecule has 0 N–H and O–H groups in total. The molecule has 49 heavy (non-hydrogen) atoms. The molecule has 2 aliphatic heterocycles. The lowest BCUT2D eigenvalue weighted by atomic mass is 9.81. The predicted octanol–water partition coefficient (Wildman–Crippen LogP) is 3.61. The summed E-state index contributed by atoms with van der Waals surface area (Å²) in [6.45, 7) is 15.4. The normalized spacial score (nSPS) is 15.7. The summed E-state index contributed by atoms with van der Waals surface area (Å²) in [4.78, 5) is 11.4. The Hall–Kier alpha value is -3.44. The summed E-state index contributed by atoms with van der Waals surface area (Å²) >= 11 is 0. The average Bonchev–Trinajstić information content (AvgIpc) is 3.43. The Kier molecular flexibility index (Phi) is 12.2. The van der Waals surface area contributed by atoms with Gasteiger partial charge in [0.25, 0.3) is 5.69 Å². The Bertz CT molecular complexity index is 2000. The standard InChI is InChI=1S/C42H45N3O2.2HI/c1-7-43-37-19-13-10-16-34(37)41(3,4)39(43)27-22-30-21-23-31(24-25-32-15-9-12-18-36(32)45(46)47)33(29-30)26-28-40-42(5,6)35-17-11-14-20-38(35)44(40)8-2;;/h9-23,26-29H,7-8,24-25H2,1-6H3;2*1H/q+2;;/p-2/b27-22+,28-26+;;. The van der Waals surface area contributed by atoms with Crippen molar-refractivity contribution in [3.63, 3.8) is 0 Å². The Morgan fingerprint density at radius 3 is 1.67 bits per heavy atom. The fourth-order valence-corrected chi connectivity index (χ4v) is 7.58. The molecule has 6 rings (SSSR count). The summed E-state index contributed by atoms with van der Waals surface area (Å²) in [5, 5.41) is 11.7. The van der Waals surface area contributed by atoms with E-state index in [1.54, 1.807) is 12.1 Å². The molecule has 0 radical (unpaired) electrons. The SMILES string of the molecule is CC[N+]1=C(/C=C/c2ccc(CCc3ccccc3[N+](=O)[O-])c(/C=C/C3=[N+](CC)c4ccccc4C3(C)C)c2)C(C)(C)c2ccccc21.[I-].[I-]. The van der Waals surface area contributed by atoms with E-state index in [-0.39, 0.29) is 69.4 Å². The lowest BCUT2D eigenvalue weighted by molar-refractivity contribution is -0.433. The van der Waals surface area contributed by atoms with E-state index >= 15 is 0 Å². The van der Waals surface area contributed by atoms with Crippen LogP contribution >= 0.6 is 0 Å². The molecule has 0 fully saturated rings. The highest BCUT2D eigenvalue weighted by Crippen LogP contribution is 2.41. The second-order valence-electron chi connectivity index (χ2n) is 13.6. The first kappa shape index (κ1) is 38.4. The molecule has 5 nitrogen and oxygen atoms in total. The molecular formula is C42H45I2N3O2. The summed E-state index contributed by atoms with van der Waals surface area (Å²) in [7, 11) is 0. The number of fused-ring (bicyclic) bond motifs is 2. The highest BCUT2D eigenvalue weighted by atomic mass is 127. The van der Waals surface area contributed by atoms with E-state index in [9.17, 15) is 10.1 Å². The minimum atomic E-state index is -0.278. The zero-order valence-corrected chi connectivity index (χ0v) is 33.5. The molecule has 2 aliphatic rings. The molecule has 0 saturated heterocycles. The number of halogens is 2. The maximum absolute atomic E-state index is 11.7. The van der Waals surface area contributed by atoms with E-state index in [1.165, 1.54) is 39.5 Å². The van der Waals surface area contributed by atoms with Crippen LogP contribution in [0.5, 0.6) is 0 Å². The van der Waals surface area contributed by atoms with Crippen LogP contribution in [0, 0.1) is 10.1 Å². The Labute approximate surface area is 325 Å². The minimum absolute atomic E-state index is 0. The Balaban J connectivity index is 0.00000270. The molecule has 0 spiro atoms. The maximum Gasteiger partial charge on any atom is 0.272 e. The highest BCUT2D eigenvalue weighted by Gasteiger charge is 2.44. The second-order valence-corrected chi connectivity index (χ2v) is 13.6. The van der Waals surface area contributed by atoms with Gasteiger partial charge in [0.05, 0.1) is 15.8 Å². The molecule has 0 aliphatic carbocycles. The Morgan fingerprint density at radius 1 is 0.633 bits per heavy atom. The number of benzene rings is 4. The summed E-state index contributed by atoms with van der Waals surface area (Å²) in [6.07, 6.45) is 10.3. The van der Waals surface area contributed by atoms with Crippen LogP contribution in [-0.4, -0.2) is 38.6 Å². The monoisotopic (exact) mass is 877 g/mol. The number of rotatable bonds is 10. The molecule has 4 aromatic carbocycles. The largest absolute Gasteiger partial charge is 1.00 e. The van der Waals surface area contributed by atoms with Crippen molar-refractivity contribution >= 4 is 40.6 Å². The van der Waals surface area contributed by atoms with E-state index in [4.69, 9.17) is 0 Å². The van der Waals surface area contributed by atoms with E-state index < -0.39 is 0 Å². The number of hydrogen-bond acceptors (Lipinski definition) is 2. The fraction of sp³-hybridized carbons (Fsp3) is 0.286. The fourth-order valence-electron chi connectivity index (χ4n) is 7.58. The lowest BCUT2D eigenvalue weighted by Gasteiger charge is -2.16. The van der Waals surface area contributed by atoms with Crippen LogP contribution in [0.25, 0.3) is 12.2 Å². The minimum Gasteiger partial charge on any atom is -1.00 e. The summed E-state index contributed by atoms with van der Waals surface area (Å²) < 4.78 is 4.84. The molecule has 0 amide bonds. The van der Waals surface area contributed by atoms with Crippen molar-refractivity contribution in [2.24, 2.45) is 0 Å². The van der Waals surface area contributed by atoms with Crippen LogP contribution in [0.4, 0.5) is 17.1 Å². The van der Waals surface area contributed by atoms with Gasteiger partial charge in [0.15, 0.2) is 11.4 Å². The van der Waals surface area contributed by atoms with Crippen LogP contribution in [0.1, 0.15) is 74.9 Å². The second kappa shape index (κ2) is 15.6. The van der Waals surface area contributed by atoms with Crippen LogP contribution < -0.4 is 48.0 Å². The van der Waals surface area contributed by atoms with E-state index in [1.807, 2.05) is 12.1 Å². The number of nitro groups is 1. The van der Waals surface area contributed by atoms with Crippen molar-refractivity contribution in [1.29, 1.82) is 0 Å². The molecule has 0 bridgehead atoms. The number of aryl methyl sites for hydroxylation is 2. The summed E-state index contributed by atoms with van der Waals surface area (Å²) in [6, 6.07) is 31.1. The topological polar surface area (TPSA) is 49.2 Å². The van der Waals surface area contributed by atoms with Gasteiger partial charge in [-0.1, -0.05) is 66.7 Å². The van der Waals surface area contributed by atoms with Crippen LogP contribution in [0.15, 0.2) is 103 Å². The molecule has 254 valence electrons. The van der Waals surface area contributed by atoms with Gasteiger partial charge in [0, 0.05) is 47.0 Å². The molecule has 7 heteroatoms. The van der Waals surface area contributed by atoms with Gasteiger partial charge in [-0.3, -0.25) is 10.1 Å². The van der Waals surface area contributed by atoms with Gasteiger partial charge in [-0.25, -0.2) is 0 Å². The third-order valence-electron chi connectivity index (χ3n) is 10.1. The third-order valence-corrected chi connectivity index (χ3v) is 10.1. The van der Waals surface area contributed by atoms with Crippen LogP contribution in [-0.2, 0) is 23.7 Å². The highest BCUT2D eigenvalue weighted by molar-refractivity contribution is 6.06. The third kappa shape index (κ3) is 7.24. The predicted molar refractivity (Wildman–Crippen MR) is 195 cm³/mol. The van der Waals surface area contributed by atoms with E-state index in [0.29, 0.717) is 12.8 Å². The smallest absolute Gasteiger partial charge is 0.272 e. The zero-order valence-electron chi connectivity index (χ0n) is 29.2. The molecule has 0 atom stereocenters. The summed E-state index contributed by atoms with van der Waals surface area (Å²) in [5.74, 6) is 0. The number of nitro benzene ring substituents is 1. The van der Waals surface area contributed by atoms with Gasteiger partial charge < -0.3 is 48.0 Å². The van der Waals surface area contributed by atoms with Crippen molar-refractivity contribution < 1.29 is 62.0 Å². The first-order valence-electron chi connectivity index (χ1n) is 16.8. The molecule has 0 unspecified atom stereocenters. The van der Waals surface area contributed by atoms with Gasteiger partial charge in [-0.15, -0.1) is 0 Å². The van der Waals surface area contributed by atoms with Crippen molar-refractivity contribution in [3.05, 3.63) is 147 Å². The lowest BCUT2D eigenvalue weighted by Crippen LogP contribution is -3.00. The first-order chi connectivity index (χ1) is 22.6. The van der Waals surface area contributed by atoms with Gasteiger partial charge in [-0.2, -0.15) is 9.15 Å². The van der Waals surface area contributed by atoms with E-state index in [2.05, 4.69) is 142 Å².